The predicted molar refractivity (Wildman–Crippen MR) is 93.7 cm³/mol. The SMILES string of the molecule is O=C(O)Cc1cccc(-c2cccc(-c3ccc(C(F)(F)F)cc3)c2)c1. The lowest BCUT2D eigenvalue weighted by atomic mass is 9.97. The second-order valence-electron chi connectivity index (χ2n) is 5.93. The molecule has 1 N–H and O–H groups in total. The first-order chi connectivity index (χ1) is 12.3. The van der Waals surface area contributed by atoms with Crippen LogP contribution < -0.4 is 0 Å². The molecule has 0 aliphatic heterocycles. The van der Waals surface area contributed by atoms with Crippen LogP contribution >= 0.6 is 0 Å². The fourth-order valence-corrected chi connectivity index (χ4v) is 2.77. The number of aliphatic carboxylic acids is 1. The van der Waals surface area contributed by atoms with Crippen LogP contribution in [0.5, 0.6) is 0 Å². The fourth-order valence-electron chi connectivity index (χ4n) is 2.77. The number of carboxylic acids is 1. The summed E-state index contributed by atoms with van der Waals surface area (Å²) < 4.78 is 38.1. The molecule has 0 heterocycles. The van der Waals surface area contributed by atoms with E-state index in [1.54, 1.807) is 18.2 Å². The van der Waals surface area contributed by atoms with E-state index in [1.165, 1.54) is 12.1 Å². The van der Waals surface area contributed by atoms with E-state index < -0.39 is 17.7 Å². The summed E-state index contributed by atoms with van der Waals surface area (Å²) in [6.07, 6.45) is -4.42. The molecular weight excluding hydrogens is 341 g/mol. The van der Waals surface area contributed by atoms with Crippen molar-refractivity contribution in [2.24, 2.45) is 0 Å². The first-order valence-corrected chi connectivity index (χ1v) is 7.92. The van der Waals surface area contributed by atoms with Gasteiger partial charge in [0.1, 0.15) is 0 Å². The van der Waals surface area contributed by atoms with Gasteiger partial charge in [0.15, 0.2) is 0 Å². The molecule has 0 radical (unpaired) electrons. The minimum absolute atomic E-state index is 0.0631. The number of hydrogen-bond donors (Lipinski definition) is 1. The van der Waals surface area contributed by atoms with Crippen molar-refractivity contribution in [1.29, 1.82) is 0 Å². The molecule has 0 saturated carbocycles. The van der Waals surface area contributed by atoms with E-state index in [9.17, 15) is 18.0 Å². The van der Waals surface area contributed by atoms with Crippen molar-refractivity contribution >= 4 is 5.97 Å². The summed E-state index contributed by atoms with van der Waals surface area (Å²) in [5.74, 6) is -0.902. The van der Waals surface area contributed by atoms with Gasteiger partial charge in [0, 0.05) is 0 Å². The summed E-state index contributed by atoms with van der Waals surface area (Å²) in [4.78, 5) is 10.9. The van der Waals surface area contributed by atoms with Gasteiger partial charge < -0.3 is 5.11 Å². The van der Waals surface area contributed by atoms with E-state index in [0.29, 0.717) is 11.1 Å². The number of benzene rings is 3. The Morgan fingerprint density at radius 3 is 1.88 bits per heavy atom. The van der Waals surface area contributed by atoms with Gasteiger partial charge in [-0.25, -0.2) is 0 Å². The lowest BCUT2D eigenvalue weighted by Gasteiger charge is -2.10. The van der Waals surface area contributed by atoms with Gasteiger partial charge >= 0.3 is 12.1 Å². The van der Waals surface area contributed by atoms with E-state index in [4.69, 9.17) is 5.11 Å². The van der Waals surface area contributed by atoms with Crippen molar-refractivity contribution in [3.8, 4) is 22.3 Å². The maximum Gasteiger partial charge on any atom is 0.416 e. The maximum atomic E-state index is 12.7. The second-order valence-corrected chi connectivity index (χ2v) is 5.93. The number of carbonyl (C=O) groups is 1. The molecule has 5 heteroatoms. The molecule has 0 aliphatic rings. The molecule has 3 aromatic rings. The zero-order chi connectivity index (χ0) is 18.7. The molecule has 0 unspecified atom stereocenters. The van der Waals surface area contributed by atoms with Crippen molar-refractivity contribution in [1.82, 2.24) is 0 Å². The Kier molecular flexibility index (Phi) is 4.80. The molecular formula is C21H15F3O2. The summed E-state index contributed by atoms with van der Waals surface area (Å²) in [5.41, 5.74) is 3.21. The zero-order valence-electron chi connectivity index (χ0n) is 13.6. The molecule has 0 amide bonds. The highest BCUT2D eigenvalue weighted by Crippen LogP contribution is 2.32. The van der Waals surface area contributed by atoms with Gasteiger partial charge in [-0.2, -0.15) is 13.2 Å². The van der Waals surface area contributed by atoms with Crippen LogP contribution in [0.4, 0.5) is 13.2 Å². The van der Waals surface area contributed by atoms with Gasteiger partial charge in [0.25, 0.3) is 0 Å². The van der Waals surface area contributed by atoms with Gasteiger partial charge in [-0.15, -0.1) is 0 Å². The third-order valence-electron chi connectivity index (χ3n) is 4.02. The van der Waals surface area contributed by atoms with Crippen LogP contribution in [0.15, 0.2) is 72.8 Å². The predicted octanol–water partition coefficient (Wildman–Crippen LogP) is 5.67. The van der Waals surface area contributed by atoms with Crippen LogP contribution in [0.3, 0.4) is 0 Å². The summed E-state index contributed by atoms with van der Waals surface area (Å²) in [5, 5.41) is 8.92. The van der Waals surface area contributed by atoms with E-state index in [2.05, 4.69) is 0 Å². The highest BCUT2D eigenvalue weighted by Gasteiger charge is 2.29. The molecule has 0 aromatic heterocycles. The van der Waals surface area contributed by atoms with Crippen LogP contribution in [-0.2, 0) is 17.4 Å². The largest absolute Gasteiger partial charge is 0.481 e. The van der Waals surface area contributed by atoms with Crippen LogP contribution in [0, 0.1) is 0 Å². The Morgan fingerprint density at radius 1 is 0.769 bits per heavy atom. The third-order valence-corrected chi connectivity index (χ3v) is 4.02. The van der Waals surface area contributed by atoms with Gasteiger partial charge in [0.05, 0.1) is 12.0 Å². The summed E-state index contributed by atoms with van der Waals surface area (Å²) in [7, 11) is 0. The van der Waals surface area contributed by atoms with Crippen LogP contribution in [0.1, 0.15) is 11.1 Å². The highest BCUT2D eigenvalue weighted by molar-refractivity contribution is 5.75. The molecule has 0 saturated heterocycles. The topological polar surface area (TPSA) is 37.3 Å². The van der Waals surface area contributed by atoms with Crippen LogP contribution in [0.25, 0.3) is 22.3 Å². The summed E-state index contributed by atoms with van der Waals surface area (Å²) in [6.45, 7) is 0. The number of carboxylic acid groups (broad SMARTS) is 1. The minimum Gasteiger partial charge on any atom is -0.481 e. The van der Waals surface area contributed by atoms with Crippen molar-refractivity contribution < 1.29 is 23.1 Å². The maximum absolute atomic E-state index is 12.7. The lowest BCUT2D eigenvalue weighted by molar-refractivity contribution is -0.138. The Hall–Kier alpha value is -3.08. The van der Waals surface area contributed by atoms with E-state index in [-0.39, 0.29) is 6.42 Å². The van der Waals surface area contributed by atoms with E-state index in [1.807, 2.05) is 30.3 Å². The lowest BCUT2D eigenvalue weighted by Crippen LogP contribution is -2.03. The van der Waals surface area contributed by atoms with Crippen LogP contribution in [0.2, 0.25) is 0 Å². The zero-order valence-corrected chi connectivity index (χ0v) is 13.6. The van der Waals surface area contributed by atoms with Crippen molar-refractivity contribution in [2.45, 2.75) is 12.6 Å². The Balaban J connectivity index is 1.92. The summed E-state index contributed by atoms with van der Waals surface area (Å²) in [6, 6.07) is 19.7. The number of rotatable bonds is 4. The van der Waals surface area contributed by atoms with E-state index in [0.717, 1.165) is 28.8 Å². The molecule has 0 fully saturated rings. The molecule has 0 atom stereocenters. The fraction of sp³-hybridized carbons (Fsp3) is 0.0952. The molecule has 0 aliphatic carbocycles. The monoisotopic (exact) mass is 356 g/mol. The van der Waals surface area contributed by atoms with Gasteiger partial charge in [-0.1, -0.05) is 54.6 Å². The molecule has 3 aromatic carbocycles. The highest BCUT2D eigenvalue weighted by atomic mass is 19.4. The summed E-state index contributed by atoms with van der Waals surface area (Å²) >= 11 is 0. The van der Waals surface area contributed by atoms with Crippen molar-refractivity contribution in [3.63, 3.8) is 0 Å². The molecule has 0 bridgehead atoms. The third kappa shape index (κ3) is 4.11. The van der Waals surface area contributed by atoms with Gasteiger partial charge in [-0.3, -0.25) is 4.79 Å². The first-order valence-electron chi connectivity index (χ1n) is 7.92. The Bertz CT molecular complexity index is 928. The normalized spacial score (nSPS) is 11.3. The first kappa shape index (κ1) is 17.7. The molecule has 132 valence electrons. The number of halogens is 3. The minimum atomic E-state index is -4.36. The van der Waals surface area contributed by atoms with Gasteiger partial charge in [-0.05, 0) is 46.0 Å². The van der Waals surface area contributed by atoms with E-state index >= 15 is 0 Å². The standard InChI is InChI=1S/C21H15F3O2/c22-21(23,24)19-9-7-15(8-10-19)17-5-2-6-18(13-17)16-4-1-3-14(11-16)12-20(25)26/h1-11,13H,12H2,(H,25,26). The van der Waals surface area contributed by atoms with Crippen LogP contribution in [-0.4, -0.2) is 11.1 Å². The second kappa shape index (κ2) is 7.04. The van der Waals surface area contributed by atoms with Crippen molar-refractivity contribution in [3.05, 3.63) is 83.9 Å². The molecule has 26 heavy (non-hydrogen) atoms. The average Bonchev–Trinajstić information content (AvgIpc) is 2.61. The van der Waals surface area contributed by atoms with Crippen molar-refractivity contribution in [2.75, 3.05) is 0 Å². The smallest absolute Gasteiger partial charge is 0.416 e. The number of alkyl halides is 3. The average molecular weight is 356 g/mol. The Morgan fingerprint density at radius 2 is 1.31 bits per heavy atom. The Labute approximate surface area is 148 Å². The molecule has 0 spiro atoms. The number of hydrogen-bond acceptors (Lipinski definition) is 1. The molecule has 2 nitrogen and oxygen atoms in total. The van der Waals surface area contributed by atoms with Gasteiger partial charge in [0.2, 0.25) is 0 Å². The quantitative estimate of drug-likeness (QED) is 0.654. The molecule has 3 rings (SSSR count).